The van der Waals surface area contributed by atoms with E-state index in [2.05, 4.69) is 20.0 Å². The van der Waals surface area contributed by atoms with Gasteiger partial charge >= 0.3 is 0 Å². The number of rotatable bonds is 3. The molecule has 7 heteroatoms. The highest BCUT2D eigenvalue weighted by atomic mass is 35.5. The topological polar surface area (TPSA) is 81.1 Å². The first-order chi connectivity index (χ1) is 12.2. The number of pyridine rings is 1. The van der Waals surface area contributed by atoms with Crippen LogP contribution >= 0.6 is 11.6 Å². The van der Waals surface area contributed by atoms with Gasteiger partial charge in [-0.15, -0.1) is 0 Å². The number of hydrogen-bond donors (Lipinski definition) is 1. The van der Waals surface area contributed by atoms with Gasteiger partial charge in [0.2, 0.25) is 5.82 Å². The maximum absolute atomic E-state index is 6.04. The number of nitrogens with two attached hydrogens (primary N) is 1. The van der Waals surface area contributed by atoms with Crippen molar-refractivity contribution < 1.29 is 4.52 Å². The van der Waals surface area contributed by atoms with E-state index in [0.717, 1.165) is 42.9 Å². The highest BCUT2D eigenvalue weighted by Crippen LogP contribution is 2.31. The third-order valence-electron chi connectivity index (χ3n) is 4.37. The summed E-state index contributed by atoms with van der Waals surface area (Å²) in [6.45, 7) is 1.75. The lowest BCUT2D eigenvalue weighted by molar-refractivity contribution is 0.431. The molecule has 128 valence electrons. The van der Waals surface area contributed by atoms with E-state index in [1.54, 1.807) is 6.20 Å². The van der Waals surface area contributed by atoms with Crippen molar-refractivity contribution >= 4 is 17.4 Å². The average molecular weight is 356 g/mol. The Labute approximate surface area is 150 Å². The number of aromatic nitrogens is 3. The van der Waals surface area contributed by atoms with Crippen LogP contribution < -0.4 is 10.6 Å². The number of nitrogens with zero attached hydrogens (tertiary/aromatic N) is 4. The second-order valence-electron chi connectivity index (χ2n) is 6.13. The van der Waals surface area contributed by atoms with E-state index >= 15 is 0 Å². The van der Waals surface area contributed by atoms with Gasteiger partial charge in [0.15, 0.2) is 0 Å². The van der Waals surface area contributed by atoms with Gasteiger partial charge in [0.25, 0.3) is 5.89 Å². The summed E-state index contributed by atoms with van der Waals surface area (Å²) in [5, 5.41) is 4.73. The Hall–Kier alpha value is -2.44. The summed E-state index contributed by atoms with van der Waals surface area (Å²) < 4.78 is 5.50. The number of benzene rings is 1. The Morgan fingerprint density at radius 3 is 2.80 bits per heavy atom. The number of piperidine rings is 1. The molecule has 4 rings (SSSR count). The molecule has 0 radical (unpaired) electrons. The molecule has 1 fully saturated rings. The Kier molecular flexibility index (Phi) is 4.38. The normalized spacial score (nSPS) is 15.5. The molecular formula is C18H18ClN5O. The molecular weight excluding hydrogens is 338 g/mol. The lowest BCUT2D eigenvalue weighted by atomic mass is 10.1. The summed E-state index contributed by atoms with van der Waals surface area (Å²) in [6, 6.07) is 11.5. The molecule has 1 saturated heterocycles. The van der Waals surface area contributed by atoms with Gasteiger partial charge in [-0.05, 0) is 37.1 Å². The van der Waals surface area contributed by atoms with E-state index in [1.165, 1.54) is 0 Å². The predicted octanol–water partition coefficient (Wildman–Crippen LogP) is 3.38. The second kappa shape index (κ2) is 6.82. The lowest BCUT2D eigenvalue weighted by Crippen LogP contribution is -2.40. The summed E-state index contributed by atoms with van der Waals surface area (Å²) in [7, 11) is 0. The van der Waals surface area contributed by atoms with Gasteiger partial charge in [0.1, 0.15) is 5.82 Å². The highest BCUT2D eigenvalue weighted by molar-refractivity contribution is 6.30. The number of anilines is 1. The zero-order valence-corrected chi connectivity index (χ0v) is 14.4. The molecule has 2 N–H and O–H groups in total. The quantitative estimate of drug-likeness (QED) is 0.775. The second-order valence-corrected chi connectivity index (χ2v) is 6.57. The highest BCUT2D eigenvalue weighted by Gasteiger charge is 2.22. The third-order valence-corrected chi connectivity index (χ3v) is 4.60. The average Bonchev–Trinajstić information content (AvgIpc) is 3.12. The zero-order chi connectivity index (χ0) is 17.2. The van der Waals surface area contributed by atoms with Crippen LogP contribution in [0.15, 0.2) is 47.1 Å². The van der Waals surface area contributed by atoms with Gasteiger partial charge in [-0.3, -0.25) is 0 Å². The molecule has 0 bridgehead atoms. The first-order valence-corrected chi connectivity index (χ1v) is 8.64. The van der Waals surface area contributed by atoms with Crippen LogP contribution in [0.5, 0.6) is 0 Å². The molecule has 2 aromatic heterocycles. The lowest BCUT2D eigenvalue weighted by Gasteiger charge is -2.31. The fourth-order valence-electron chi connectivity index (χ4n) is 3.00. The van der Waals surface area contributed by atoms with Crippen molar-refractivity contribution in [2.45, 2.75) is 18.9 Å². The molecule has 3 aromatic rings. The van der Waals surface area contributed by atoms with Gasteiger partial charge in [-0.2, -0.15) is 4.98 Å². The van der Waals surface area contributed by atoms with Crippen molar-refractivity contribution in [1.29, 1.82) is 0 Å². The molecule has 0 aliphatic carbocycles. The van der Waals surface area contributed by atoms with Crippen LogP contribution in [0.2, 0.25) is 5.02 Å². The summed E-state index contributed by atoms with van der Waals surface area (Å²) >= 11 is 6.04. The molecule has 1 aliphatic heterocycles. The summed E-state index contributed by atoms with van der Waals surface area (Å²) in [5.41, 5.74) is 7.65. The van der Waals surface area contributed by atoms with E-state index < -0.39 is 0 Å². The fraction of sp³-hybridized carbons (Fsp3) is 0.278. The molecule has 1 aromatic carbocycles. The van der Waals surface area contributed by atoms with Gasteiger partial charge in [0, 0.05) is 35.9 Å². The molecule has 1 aliphatic rings. The fourth-order valence-corrected chi connectivity index (χ4v) is 3.20. The smallest absolute Gasteiger partial charge is 0.261 e. The Morgan fingerprint density at radius 2 is 2.00 bits per heavy atom. The van der Waals surface area contributed by atoms with E-state index in [1.807, 2.05) is 36.4 Å². The molecule has 25 heavy (non-hydrogen) atoms. The number of halogens is 1. The number of hydrogen-bond acceptors (Lipinski definition) is 6. The van der Waals surface area contributed by atoms with E-state index in [4.69, 9.17) is 21.9 Å². The van der Waals surface area contributed by atoms with Crippen LogP contribution in [0.4, 0.5) is 5.82 Å². The first kappa shape index (κ1) is 16.1. The minimum atomic E-state index is 0.265. The van der Waals surface area contributed by atoms with E-state index in [0.29, 0.717) is 16.7 Å². The molecule has 0 unspecified atom stereocenters. The van der Waals surface area contributed by atoms with Crippen LogP contribution in [0.1, 0.15) is 12.8 Å². The molecule has 0 amide bonds. The third kappa shape index (κ3) is 3.36. The first-order valence-electron chi connectivity index (χ1n) is 8.26. The van der Waals surface area contributed by atoms with Crippen molar-refractivity contribution in [3.8, 4) is 22.8 Å². The summed E-state index contributed by atoms with van der Waals surface area (Å²) in [5.74, 6) is 1.82. The summed E-state index contributed by atoms with van der Waals surface area (Å²) in [4.78, 5) is 11.3. The Morgan fingerprint density at radius 1 is 1.16 bits per heavy atom. The standard InChI is InChI=1S/C18H18ClN5O/c19-13-4-1-3-12(11-13)16-22-18(25-23-16)15-5-2-8-21-17(15)24-9-6-14(20)7-10-24/h1-5,8,11,14H,6-7,9-10,20H2. The zero-order valence-electron chi connectivity index (χ0n) is 13.6. The van der Waals surface area contributed by atoms with E-state index in [9.17, 15) is 0 Å². The van der Waals surface area contributed by atoms with Gasteiger partial charge in [-0.1, -0.05) is 28.9 Å². The largest absolute Gasteiger partial charge is 0.356 e. The van der Waals surface area contributed by atoms with E-state index in [-0.39, 0.29) is 6.04 Å². The molecule has 0 atom stereocenters. The van der Waals surface area contributed by atoms with Crippen molar-refractivity contribution in [1.82, 2.24) is 15.1 Å². The maximum atomic E-state index is 6.04. The molecule has 3 heterocycles. The van der Waals surface area contributed by atoms with Crippen molar-refractivity contribution in [3.63, 3.8) is 0 Å². The van der Waals surface area contributed by atoms with Crippen LogP contribution in [-0.4, -0.2) is 34.3 Å². The van der Waals surface area contributed by atoms with Gasteiger partial charge < -0.3 is 15.2 Å². The molecule has 0 spiro atoms. The Bertz CT molecular complexity index is 873. The van der Waals surface area contributed by atoms with Gasteiger partial charge in [0.05, 0.1) is 5.56 Å². The van der Waals surface area contributed by atoms with Crippen LogP contribution in [-0.2, 0) is 0 Å². The van der Waals surface area contributed by atoms with Crippen LogP contribution in [0.3, 0.4) is 0 Å². The van der Waals surface area contributed by atoms with Crippen molar-refractivity contribution in [2.24, 2.45) is 5.73 Å². The summed E-state index contributed by atoms with van der Waals surface area (Å²) in [6.07, 6.45) is 3.68. The molecule has 6 nitrogen and oxygen atoms in total. The van der Waals surface area contributed by atoms with Gasteiger partial charge in [-0.25, -0.2) is 4.98 Å². The monoisotopic (exact) mass is 355 g/mol. The minimum Gasteiger partial charge on any atom is -0.356 e. The Balaban J connectivity index is 1.67. The van der Waals surface area contributed by atoms with Crippen LogP contribution in [0.25, 0.3) is 22.8 Å². The SMILES string of the molecule is NC1CCN(c2ncccc2-c2nc(-c3cccc(Cl)c3)no2)CC1. The maximum Gasteiger partial charge on any atom is 0.261 e. The minimum absolute atomic E-state index is 0.265. The van der Waals surface area contributed by atoms with Crippen molar-refractivity contribution in [3.05, 3.63) is 47.6 Å². The predicted molar refractivity (Wildman–Crippen MR) is 97.4 cm³/mol. The molecule has 0 saturated carbocycles. The van der Waals surface area contributed by atoms with Crippen LogP contribution in [0, 0.1) is 0 Å². The van der Waals surface area contributed by atoms with Crippen molar-refractivity contribution in [2.75, 3.05) is 18.0 Å².